The number of nitrogens with one attached hydrogen (secondary N) is 1. The molecular weight excluding hydrogens is 346 g/mol. The summed E-state index contributed by atoms with van der Waals surface area (Å²) in [6, 6.07) is 6.05. The molecule has 2 heterocycles. The van der Waals surface area contributed by atoms with Crippen molar-refractivity contribution in [3.05, 3.63) is 52.7 Å². The van der Waals surface area contributed by atoms with Crippen molar-refractivity contribution in [3.8, 4) is 11.4 Å². The van der Waals surface area contributed by atoms with Crippen LogP contribution in [-0.2, 0) is 24.8 Å². The van der Waals surface area contributed by atoms with Gasteiger partial charge in [0, 0.05) is 25.9 Å². The van der Waals surface area contributed by atoms with Crippen LogP contribution in [0.15, 0.2) is 28.9 Å². The van der Waals surface area contributed by atoms with E-state index in [4.69, 9.17) is 9.26 Å². The summed E-state index contributed by atoms with van der Waals surface area (Å²) >= 11 is 0. The third-order valence-electron chi connectivity index (χ3n) is 4.78. The van der Waals surface area contributed by atoms with Crippen LogP contribution < -0.4 is 5.32 Å². The monoisotopic (exact) mass is 367 g/mol. The van der Waals surface area contributed by atoms with Crippen molar-refractivity contribution in [2.45, 2.75) is 32.4 Å². The van der Waals surface area contributed by atoms with Gasteiger partial charge in [-0.2, -0.15) is 10.1 Å². The van der Waals surface area contributed by atoms with Gasteiger partial charge in [-0.25, -0.2) is 0 Å². The fourth-order valence-corrected chi connectivity index (χ4v) is 3.52. The van der Waals surface area contributed by atoms with Crippen molar-refractivity contribution < 1.29 is 14.1 Å². The van der Waals surface area contributed by atoms with Gasteiger partial charge in [-0.1, -0.05) is 17.3 Å². The van der Waals surface area contributed by atoms with Crippen molar-refractivity contribution in [3.63, 3.8) is 0 Å². The molecule has 1 N–H and O–H groups in total. The van der Waals surface area contributed by atoms with E-state index in [-0.39, 0.29) is 11.9 Å². The average Bonchev–Trinajstić information content (AvgIpc) is 3.34. The van der Waals surface area contributed by atoms with E-state index < -0.39 is 0 Å². The molecule has 8 nitrogen and oxygen atoms in total. The van der Waals surface area contributed by atoms with E-state index in [0.29, 0.717) is 23.9 Å². The minimum absolute atomic E-state index is 0.00419. The Balaban J connectivity index is 1.52. The van der Waals surface area contributed by atoms with Gasteiger partial charge in [-0.15, -0.1) is 0 Å². The van der Waals surface area contributed by atoms with E-state index in [1.807, 2.05) is 26.1 Å². The fourth-order valence-electron chi connectivity index (χ4n) is 3.52. The smallest absolute Gasteiger partial charge is 0.255 e. The first kappa shape index (κ1) is 17.4. The van der Waals surface area contributed by atoms with E-state index in [1.165, 1.54) is 5.56 Å². The molecular formula is C19H21N5O3. The van der Waals surface area contributed by atoms with Gasteiger partial charge >= 0.3 is 0 Å². The lowest BCUT2D eigenvalue weighted by molar-refractivity contribution is 0.0936. The van der Waals surface area contributed by atoms with Crippen molar-refractivity contribution in [1.29, 1.82) is 0 Å². The van der Waals surface area contributed by atoms with Gasteiger partial charge in [-0.05, 0) is 37.0 Å². The van der Waals surface area contributed by atoms with Crippen LogP contribution in [0.2, 0.25) is 0 Å². The lowest BCUT2D eigenvalue weighted by atomic mass is 10.0. The van der Waals surface area contributed by atoms with Gasteiger partial charge in [0.05, 0.1) is 17.3 Å². The Morgan fingerprint density at radius 1 is 1.44 bits per heavy atom. The van der Waals surface area contributed by atoms with E-state index >= 15 is 0 Å². The van der Waals surface area contributed by atoms with Crippen LogP contribution in [0.25, 0.3) is 11.4 Å². The molecule has 0 fully saturated rings. The van der Waals surface area contributed by atoms with Gasteiger partial charge in [0.15, 0.2) is 0 Å². The van der Waals surface area contributed by atoms with E-state index in [0.717, 1.165) is 29.7 Å². The molecule has 1 aromatic carbocycles. The SMILES string of the molecule is COCc1nc(-c2ccc3c(c2)CCC3NC(=O)c2cn(C)nc2C)no1. The molecule has 1 amide bonds. The Morgan fingerprint density at radius 2 is 2.30 bits per heavy atom. The molecule has 0 spiro atoms. The highest BCUT2D eigenvalue weighted by Crippen LogP contribution is 2.34. The summed E-state index contributed by atoms with van der Waals surface area (Å²) in [6.45, 7) is 2.13. The summed E-state index contributed by atoms with van der Waals surface area (Å²) in [5.41, 5.74) is 4.57. The number of methoxy groups -OCH3 is 1. The Bertz CT molecular complexity index is 991. The molecule has 0 saturated heterocycles. The molecule has 1 aliphatic carbocycles. The summed E-state index contributed by atoms with van der Waals surface area (Å²) in [4.78, 5) is 16.9. The maximum atomic E-state index is 12.6. The Hall–Kier alpha value is -3.00. The predicted octanol–water partition coefficient (Wildman–Crippen LogP) is 2.34. The zero-order chi connectivity index (χ0) is 19.0. The molecule has 8 heteroatoms. The van der Waals surface area contributed by atoms with Gasteiger partial charge < -0.3 is 14.6 Å². The summed E-state index contributed by atoms with van der Waals surface area (Å²) in [5, 5.41) is 11.4. The van der Waals surface area contributed by atoms with E-state index in [2.05, 4.69) is 26.6 Å². The first-order valence-electron chi connectivity index (χ1n) is 8.81. The molecule has 27 heavy (non-hydrogen) atoms. The zero-order valence-corrected chi connectivity index (χ0v) is 15.5. The molecule has 0 saturated carbocycles. The van der Waals surface area contributed by atoms with E-state index in [9.17, 15) is 4.79 Å². The quantitative estimate of drug-likeness (QED) is 0.744. The highest BCUT2D eigenvalue weighted by molar-refractivity contribution is 5.95. The highest BCUT2D eigenvalue weighted by Gasteiger charge is 2.26. The van der Waals surface area contributed by atoms with Crippen molar-refractivity contribution in [1.82, 2.24) is 25.2 Å². The molecule has 0 aliphatic heterocycles. The maximum Gasteiger partial charge on any atom is 0.255 e. The van der Waals surface area contributed by atoms with Crippen LogP contribution in [0, 0.1) is 6.92 Å². The standard InChI is InChI=1S/C19H21N5O3/c1-11-15(9-24(2)22-11)19(25)20-16-7-5-12-8-13(4-6-14(12)16)18-21-17(10-26-3)27-23-18/h4,6,8-9,16H,5,7,10H2,1-3H3,(H,20,25). The van der Waals surface area contributed by atoms with Gasteiger partial charge in [0.25, 0.3) is 11.8 Å². The van der Waals surface area contributed by atoms with Gasteiger partial charge in [0.1, 0.15) is 6.61 Å². The molecule has 1 atom stereocenters. The fraction of sp³-hybridized carbons (Fsp3) is 0.368. The topological polar surface area (TPSA) is 95.1 Å². The van der Waals surface area contributed by atoms with Crippen LogP contribution in [-0.4, -0.2) is 32.9 Å². The molecule has 0 radical (unpaired) electrons. The van der Waals surface area contributed by atoms with Crippen molar-refractivity contribution in [2.24, 2.45) is 7.05 Å². The Kier molecular flexibility index (Phi) is 4.49. The van der Waals surface area contributed by atoms with Crippen LogP contribution in [0.4, 0.5) is 0 Å². The lowest BCUT2D eigenvalue weighted by Gasteiger charge is -2.14. The normalized spacial score (nSPS) is 15.7. The third kappa shape index (κ3) is 3.35. The van der Waals surface area contributed by atoms with Crippen molar-refractivity contribution in [2.75, 3.05) is 7.11 Å². The number of nitrogens with zero attached hydrogens (tertiary/aromatic N) is 4. The first-order chi connectivity index (χ1) is 13.0. The predicted molar refractivity (Wildman–Crippen MR) is 96.9 cm³/mol. The minimum Gasteiger partial charge on any atom is -0.375 e. The molecule has 0 bridgehead atoms. The second kappa shape index (κ2) is 6.96. The van der Waals surface area contributed by atoms with Gasteiger partial charge in [0.2, 0.25) is 5.82 Å². The summed E-state index contributed by atoms with van der Waals surface area (Å²) < 4.78 is 11.8. The molecule has 1 unspecified atom stereocenters. The molecule has 3 aromatic rings. The summed E-state index contributed by atoms with van der Waals surface area (Å²) in [5.74, 6) is 0.901. The van der Waals surface area contributed by atoms with E-state index in [1.54, 1.807) is 18.0 Å². The number of aryl methyl sites for hydroxylation is 3. The number of carbonyl (C=O) groups is 1. The first-order valence-corrected chi connectivity index (χ1v) is 8.81. The number of amides is 1. The second-order valence-electron chi connectivity index (χ2n) is 6.72. The number of rotatable bonds is 5. The number of ether oxygens (including phenoxy) is 1. The number of carbonyl (C=O) groups excluding carboxylic acids is 1. The average molecular weight is 367 g/mol. The molecule has 1 aliphatic rings. The number of aromatic nitrogens is 4. The molecule has 4 rings (SSSR count). The maximum absolute atomic E-state index is 12.6. The third-order valence-corrected chi connectivity index (χ3v) is 4.78. The summed E-state index contributed by atoms with van der Waals surface area (Å²) in [7, 11) is 3.40. The largest absolute Gasteiger partial charge is 0.375 e. The lowest BCUT2D eigenvalue weighted by Crippen LogP contribution is -2.27. The van der Waals surface area contributed by atoms with Gasteiger partial charge in [-0.3, -0.25) is 9.48 Å². The van der Waals surface area contributed by atoms with Crippen molar-refractivity contribution >= 4 is 5.91 Å². The molecule has 140 valence electrons. The number of hydrogen-bond donors (Lipinski definition) is 1. The Morgan fingerprint density at radius 3 is 3.04 bits per heavy atom. The van der Waals surface area contributed by atoms with Crippen LogP contribution in [0.5, 0.6) is 0 Å². The van der Waals surface area contributed by atoms with Crippen LogP contribution in [0.1, 0.15) is 45.5 Å². The van der Waals surface area contributed by atoms with Crippen LogP contribution >= 0.6 is 0 Å². The highest BCUT2D eigenvalue weighted by atomic mass is 16.5. The van der Waals surface area contributed by atoms with Crippen LogP contribution in [0.3, 0.4) is 0 Å². The Labute approximate surface area is 156 Å². The second-order valence-corrected chi connectivity index (χ2v) is 6.72. The number of hydrogen-bond acceptors (Lipinski definition) is 6. The molecule has 2 aromatic heterocycles. The zero-order valence-electron chi connectivity index (χ0n) is 15.5. The number of fused-ring (bicyclic) bond motifs is 1. The number of benzene rings is 1. The summed E-state index contributed by atoms with van der Waals surface area (Å²) in [6.07, 6.45) is 3.51. The minimum atomic E-state index is -0.0927.